The highest BCUT2D eigenvalue weighted by Gasteiger charge is 2.41. The number of carbonyl (C=O) groups is 3. The van der Waals surface area contributed by atoms with E-state index in [-0.39, 0.29) is 19.4 Å². The van der Waals surface area contributed by atoms with Gasteiger partial charge in [0.25, 0.3) is 0 Å². The Balaban J connectivity index is 2.33. The molecule has 0 spiro atoms. The van der Waals surface area contributed by atoms with Crippen LogP contribution in [-0.2, 0) is 19.1 Å². The first kappa shape index (κ1) is 12.5. The number of halogens is 3. The Kier molecular flexibility index (Phi) is 3.51. The van der Waals surface area contributed by atoms with Crippen LogP contribution in [0.4, 0.5) is 13.2 Å². The minimum atomic E-state index is -5.06. The molecule has 90 valence electrons. The van der Waals surface area contributed by atoms with Gasteiger partial charge < -0.3 is 4.74 Å². The minimum Gasteiger partial charge on any atom is -0.457 e. The standard InChI is InChI=1S/C8H8F3NO4/c9-8(10,11)7(15)16-4-3-12-5(13)1-2-6(12)14/h1-4H2. The molecular formula is C8H8F3NO4. The zero-order valence-corrected chi connectivity index (χ0v) is 8.04. The maximum Gasteiger partial charge on any atom is 0.490 e. The van der Waals surface area contributed by atoms with Crippen molar-refractivity contribution in [3.63, 3.8) is 0 Å². The SMILES string of the molecule is O=C1CCC(=O)N1CCOC(=O)C(F)(F)F. The lowest BCUT2D eigenvalue weighted by Crippen LogP contribution is -2.34. The Morgan fingerprint density at radius 2 is 1.75 bits per heavy atom. The highest BCUT2D eigenvalue weighted by atomic mass is 19.4. The number of likely N-dealkylation sites (tertiary alicyclic amines) is 1. The Labute approximate surface area is 88.1 Å². The summed E-state index contributed by atoms with van der Waals surface area (Å²) in [5, 5.41) is 0. The molecule has 1 rings (SSSR count). The third-order valence-corrected chi connectivity index (χ3v) is 1.93. The van der Waals surface area contributed by atoms with Crippen molar-refractivity contribution in [2.24, 2.45) is 0 Å². The molecule has 1 heterocycles. The van der Waals surface area contributed by atoms with Gasteiger partial charge in [-0.05, 0) is 0 Å². The van der Waals surface area contributed by atoms with Crippen molar-refractivity contribution in [1.82, 2.24) is 4.90 Å². The number of hydrogen-bond donors (Lipinski definition) is 0. The van der Waals surface area contributed by atoms with Crippen LogP contribution in [-0.4, -0.2) is 42.0 Å². The van der Waals surface area contributed by atoms with E-state index in [2.05, 4.69) is 4.74 Å². The van der Waals surface area contributed by atoms with Crippen molar-refractivity contribution in [3.05, 3.63) is 0 Å². The summed E-state index contributed by atoms with van der Waals surface area (Å²) in [6.07, 6.45) is -4.96. The summed E-state index contributed by atoms with van der Waals surface area (Å²) < 4.78 is 38.9. The predicted molar refractivity (Wildman–Crippen MR) is 43.0 cm³/mol. The summed E-state index contributed by atoms with van der Waals surface area (Å²) in [5.74, 6) is -3.26. The van der Waals surface area contributed by atoms with Crippen LogP contribution in [0.3, 0.4) is 0 Å². The maximum atomic E-state index is 11.7. The highest BCUT2D eigenvalue weighted by molar-refractivity contribution is 6.01. The molecule has 1 saturated heterocycles. The number of imide groups is 1. The van der Waals surface area contributed by atoms with Crippen molar-refractivity contribution < 1.29 is 32.3 Å². The van der Waals surface area contributed by atoms with Gasteiger partial charge in [-0.25, -0.2) is 4.79 Å². The van der Waals surface area contributed by atoms with E-state index < -0.39 is 30.6 Å². The summed E-state index contributed by atoms with van der Waals surface area (Å²) in [6.45, 7) is -0.977. The van der Waals surface area contributed by atoms with E-state index in [0.29, 0.717) is 0 Å². The minimum absolute atomic E-state index is 0.0477. The molecule has 0 aromatic rings. The van der Waals surface area contributed by atoms with Crippen LogP contribution in [0.5, 0.6) is 0 Å². The molecule has 0 radical (unpaired) electrons. The second-order valence-electron chi connectivity index (χ2n) is 3.07. The van der Waals surface area contributed by atoms with E-state index in [1.807, 2.05) is 0 Å². The second-order valence-corrected chi connectivity index (χ2v) is 3.07. The summed E-state index contributed by atoms with van der Waals surface area (Å²) in [5.41, 5.74) is 0. The topological polar surface area (TPSA) is 63.7 Å². The lowest BCUT2D eigenvalue weighted by Gasteiger charge is -2.13. The number of ether oxygens (including phenoxy) is 1. The van der Waals surface area contributed by atoms with Crippen LogP contribution in [0, 0.1) is 0 Å². The van der Waals surface area contributed by atoms with Gasteiger partial charge in [-0.15, -0.1) is 0 Å². The van der Waals surface area contributed by atoms with Crippen molar-refractivity contribution in [2.45, 2.75) is 19.0 Å². The lowest BCUT2D eigenvalue weighted by atomic mass is 10.4. The van der Waals surface area contributed by atoms with E-state index in [0.717, 1.165) is 4.90 Å². The number of nitrogens with zero attached hydrogens (tertiary/aromatic N) is 1. The predicted octanol–water partition coefficient (Wildman–Crippen LogP) is 0.241. The third kappa shape index (κ3) is 2.94. The van der Waals surface area contributed by atoms with Gasteiger partial charge in [0.1, 0.15) is 6.61 Å². The van der Waals surface area contributed by atoms with Crippen molar-refractivity contribution >= 4 is 17.8 Å². The van der Waals surface area contributed by atoms with Gasteiger partial charge in [-0.1, -0.05) is 0 Å². The summed E-state index contributed by atoms with van der Waals surface area (Å²) in [6, 6.07) is 0. The number of amides is 2. The molecule has 5 nitrogen and oxygen atoms in total. The molecule has 0 saturated carbocycles. The molecule has 0 aromatic carbocycles. The molecular weight excluding hydrogens is 231 g/mol. The normalized spacial score (nSPS) is 16.8. The van der Waals surface area contributed by atoms with Crippen molar-refractivity contribution in [1.29, 1.82) is 0 Å². The molecule has 0 aliphatic carbocycles. The molecule has 0 bridgehead atoms. The van der Waals surface area contributed by atoms with E-state index in [9.17, 15) is 27.6 Å². The van der Waals surface area contributed by atoms with Crippen molar-refractivity contribution in [2.75, 3.05) is 13.2 Å². The maximum absolute atomic E-state index is 11.7. The number of alkyl halides is 3. The Hall–Kier alpha value is -1.60. The van der Waals surface area contributed by atoms with Crippen LogP contribution >= 0.6 is 0 Å². The first-order valence-electron chi connectivity index (χ1n) is 4.39. The van der Waals surface area contributed by atoms with E-state index >= 15 is 0 Å². The van der Waals surface area contributed by atoms with Gasteiger partial charge in [-0.3, -0.25) is 14.5 Å². The monoisotopic (exact) mass is 239 g/mol. The second kappa shape index (κ2) is 4.50. The summed E-state index contributed by atoms with van der Waals surface area (Å²) >= 11 is 0. The molecule has 2 amide bonds. The first-order chi connectivity index (χ1) is 7.32. The number of carbonyl (C=O) groups excluding carboxylic acids is 3. The van der Waals surface area contributed by atoms with Crippen LogP contribution in [0.15, 0.2) is 0 Å². The van der Waals surface area contributed by atoms with Gasteiger partial charge >= 0.3 is 12.1 Å². The fourth-order valence-corrected chi connectivity index (χ4v) is 1.18. The van der Waals surface area contributed by atoms with Gasteiger partial charge in [0, 0.05) is 12.8 Å². The Morgan fingerprint density at radius 3 is 2.19 bits per heavy atom. The molecule has 0 unspecified atom stereocenters. The zero-order chi connectivity index (χ0) is 12.3. The fourth-order valence-electron chi connectivity index (χ4n) is 1.18. The van der Waals surface area contributed by atoms with Crippen LogP contribution in [0.25, 0.3) is 0 Å². The Morgan fingerprint density at radius 1 is 1.25 bits per heavy atom. The third-order valence-electron chi connectivity index (χ3n) is 1.93. The van der Waals surface area contributed by atoms with Crippen LogP contribution < -0.4 is 0 Å². The largest absolute Gasteiger partial charge is 0.490 e. The van der Waals surface area contributed by atoms with Gasteiger partial charge in [0.2, 0.25) is 11.8 Å². The molecule has 0 N–H and O–H groups in total. The molecule has 16 heavy (non-hydrogen) atoms. The molecule has 0 aromatic heterocycles. The number of hydrogen-bond acceptors (Lipinski definition) is 4. The number of rotatable bonds is 3. The smallest absolute Gasteiger partial charge is 0.457 e. The quantitative estimate of drug-likeness (QED) is 0.522. The molecule has 1 aliphatic rings. The molecule has 8 heteroatoms. The average molecular weight is 239 g/mol. The zero-order valence-electron chi connectivity index (χ0n) is 8.04. The van der Waals surface area contributed by atoms with Gasteiger partial charge in [0.05, 0.1) is 6.54 Å². The average Bonchev–Trinajstić information content (AvgIpc) is 2.47. The molecule has 0 atom stereocenters. The Bertz CT molecular complexity index is 310. The molecule has 1 aliphatic heterocycles. The lowest BCUT2D eigenvalue weighted by molar-refractivity contribution is -0.200. The summed E-state index contributed by atoms with van der Waals surface area (Å²) in [7, 11) is 0. The highest BCUT2D eigenvalue weighted by Crippen LogP contribution is 2.16. The van der Waals surface area contributed by atoms with Crippen LogP contribution in [0.1, 0.15) is 12.8 Å². The van der Waals surface area contributed by atoms with E-state index in [1.165, 1.54) is 0 Å². The van der Waals surface area contributed by atoms with E-state index in [4.69, 9.17) is 0 Å². The molecule has 1 fully saturated rings. The van der Waals surface area contributed by atoms with Gasteiger partial charge in [0.15, 0.2) is 0 Å². The van der Waals surface area contributed by atoms with E-state index in [1.54, 1.807) is 0 Å². The van der Waals surface area contributed by atoms with Crippen LogP contribution in [0.2, 0.25) is 0 Å². The van der Waals surface area contributed by atoms with Crippen molar-refractivity contribution in [3.8, 4) is 0 Å². The first-order valence-corrected chi connectivity index (χ1v) is 4.39. The summed E-state index contributed by atoms with van der Waals surface area (Å²) in [4.78, 5) is 33.0. The fraction of sp³-hybridized carbons (Fsp3) is 0.625. The number of esters is 1. The van der Waals surface area contributed by atoms with Gasteiger partial charge in [-0.2, -0.15) is 13.2 Å².